The Morgan fingerprint density at radius 1 is 0.786 bits per heavy atom. The van der Waals surface area contributed by atoms with Gasteiger partial charge in [-0.25, -0.2) is 9.59 Å². The van der Waals surface area contributed by atoms with Crippen molar-refractivity contribution in [2.75, 3.05) is 13.7 Å². The van der Waals surface area contributed by atoms with Crippen LogP contribution in [0.3, 0.4) is 0 Å². The molecule has 42 heavy (non-hydrogen) atoms. The van der Waals surface area contributed by atoms with Crippen molar-refractivity contribution in [1.29, 1.82) is 0 Å². The van der Waals surface area contributed by atoms with Gasteiger partial charge in [0.15, 0.2) is 14.4 Å². The molecule has 0 amide bonds. The fourth-order valence-corrected chi connectivity index (χ4v) is 5.03. The van der Waals surface area contributed by atoms with Crippen LogP contribution in [0.4, 0.5) is 0 Å². The smallest absolute Gasteiger partial charge is 0.338 e. The van der Waals surface area contributed by atoms with Crippen LogP contribution in [-0.2, 0) is 23.4 Å². The van der Waals surface area contributed by atoms with Crippen LogP contribution in [0.25, 0.3) is 6.08 Å². The molecule has 0 saturated carbocycles. The number of ketones is 1. The van der Waals surface area contributed by atoms with Crippen LogP contribution in [0, 0.1) is 0 Å². The number of Topliss-reactive ketones (excluding diaryl/α,β-unsaturated/α-hetero) is 1. The summed E-state index contributed by atoms with van der Waals surface area (Å²) in [7, 11) is -1.05. The van der Waals surface area contributed by atoms with Crippen LogP contribution in [0.15, 0.2) is 97.1 Å². The average Bonchev–Trinajstić information content (AvgIpc) is 2.99. The number of benzene rings is 3. The minimum absolute atomic E-state index is 0.233. The first kappa shape index (κ1) is 32.7. The van der Waals surface area contributed by atoms with Crippen LogP contribution in [-0.4, -0.2) is 58.1 Å². The highest BCUT2D eigenvalue weighted by Crippen LogP contribution is 2.38. The van der Waals surface area contributed by atoms with Gasteiger partial charge in [-0.1, -0.05) is 99.7 Å². The molecule has 0 heterocycles. The van der Waals surface area contributed by atoms with E-state index >= 15 is 0 Å². The summed E-state index contributed by atoms with van der Waals surface area (Å²) in [6.45, 7) is 9.77. The molecule has 0 unspecified atom stereocenters. The Morgan fingerprint density at radius 3 is 1.79 bits per heavy atom. The molecule has 0 fully saturated rings. The molecule has 0 aliphatic heterocycles. The number of rotatable bonds is 13. The van der Waals surface area contributed by atoms with Gasteiger partial charge in [0.1, 0.15) is 18.8 Å². The van der Waals surface area contributed by atoms with Gasteiger partial charge in [-0.2, -0.15) is 0 Å². The van der Waals surface area contributed by atoms with E-state index in [0.29, 0.717) is 5.56 Å². The second-order valence-electron chi connectivity index (χ2n) is 11.4. The minimum Gasteiger partial charge on any atom is -0.458 e. The SMILES string of the molecule is CO[C@H](/C=C/c1ccccc1)[C@@H](O[Si](C)(C)C(C)(C)C)C(=O)[C@H](COC(=O)c1ccccc1)OC(=O)c1ccccc1. The predicted octanol–water partition coefficient (Wildman–Crippen LogP) is 6.76. The normalized spacial score (nSPS) is 14.1. The number of esters is 2. The third-order valence-electron chi connectivity index (χ3n) is 7.31. The van der Waals surface area contributed by atoms with Crippen molar-refractivity contribution in [3.05, 3.63) is 114 Å². The molecule has 222 valence electrons. The lowest BCUT2D eigenvalue weighted by Crippen LogP contribution is -2.53. The largest absolute Gasteiger partial charge is 0.458 e. The Kier molecular flexibility index (Phi) is 11.6. The van der Waals surface area contributed by atoms with Crippen molar-refractivity contribution in [2.45, 2.75) is 57.2 Å². The number of carbonyl (C=O) groups excluding carboxylic acids is 3. The van der Waals surface area contributed by atoms with Crippen molar-refractivity contribution in [3.8, 4) is 0 Å². The van der Waals surface area contributed by atoms with Crippen molar-refractivity contribution < 1.29 is 33.0 Å². The predicted molar refractivity (Wildman–Crippen MR) is 166 cm³/mol. The van der Waals surface area contributed by atoms with Gasteiger partial charge in [-0.05, 0) is 48.0 Å². The van der Waals surface area contributed by atoms with Crippen LogP contribution in [0.5, 0.6) is 0 Å². The van der Waals surface area contributed by atoms with Crippen molar-refractivity contribution >= 4 is 32.1 Å². The van der Waals surface area contributed by atoms with Gasteiger partial charge in [0.2, 0.25) is 5.78 Å². The first-order valence-corrected chi connectivity index (χ1v) is 16.8. The third-order valence-corrected chi connectivity index (χ3v) is 11.8. The maximum absolute atomic E-state index is 14.3. The number of ether oxygens (including phenoxy) is 3. The van der Waals surface area contributed by atoms with Crippen LogP contribution < -0.4 is 0 Å². The van der Waals surface area contributed by atoms with E-state index < -0.39 is 51.0 Å². The lowest BCUT2D eigenvalue weighted by molar-refractivity contribution is -0.142. The van der Waals surface area contributed by atoms with Crippen molar-refractivity contribution in [1.82, 2.24) is 0 Å². The summed E-state index contributed by atoms with van der Waals surface area (Å²) in [6, 6.07) is 26.4. The Balaban J connectivity index is 1.97. The Hall–Kier alpha value is -3.85. The summed E-state index contributed by atoms with van der Waals surface area (Å²) in [5, 5.41) is -0.233. The molecule has 7 nitrogen and oxygen atoms in total. The molecule has 0 aliphatic carbocycles. The molecular formula is C34H40O7Si. The molecule has 0 N–H and O–H groups in total. The third kappa shape index (κ3) is 9.07. The highest BCUT2D eigenvalue weighted by Gasteiger charge is 2.45. The van der Waals surface area contributed by atoms with E-state index in [1.807, 2.05) is 49.5 Å². The fourth-order valence-electron chi connectivity index (χ4n) is 3.79. The zero-order valence-electron chi connectivity index (χ0n) is 25.1. The Bertz CT molecular complexity index is 1330. The number of carbonyl (C=O) groups is 3. The summed E-state index contributed by atoms with van der Waals surface area (Å²) < 4.78 is 23.6. The molecule has 0 bridgehead atoms. The first-order valence-electron chi connectivity index (χ1n) is 13.9. The quantitative estimate of drug-likeness (QED) is 0.161. The van der Waals surface area contributed by atoms with Crippen molar-refractivity contribution in [2.24, 2.45) is 0 Å². The second-order valence-corrected chi connectivity index (χ2v) is 16.2. The Morgan fingerprint density at radius 2 is 1.29 bits per heavy atom. The van der Waals surface area contributed by atoms with Crippen LogP contribution in [0.2, 0.25) is 18.1 Å². The van der Waals surface area contributed by atoms with Gasteiger partial charge in [0, 0.05) is 7.11 Å². The van der Waals surface area contributed by atoms with Gasteiger partial charge < -0.3 is 18.6 Å². The van der Waals surface area contributed by atoms with Gasteiger partial charge in [0.05, 0.1) is 11.1 Å². The molecule has 0 aromatic heterocycles. The Labute approximate surface area is 249 Å². The number of hydrogen-bond donors (Lipinski definition) is 0. The summed E-state index contributed by atoms with van der Waals surface area (Å²) in [6.07, 6.45) is 0.221. The standard InChI is InChI=1S/C34H40O7Si/c1-34(2,3)42(5,6)41-31(28(38-4)23-22-25-16-10-7-11-17-25)30(35)29(40-33(37)27-20-14-9-15-21-27)24-39-32(36)26-18-12-8-13-19-26/h7-23,28-29,31H,24H2,1-6H3/b23-22+/t28-,29+,31-/m1/s1. The van der Waals surface area contributed by atoms with E-state index in [2.05, 4.69) is 20.8 Å². The van der Waals surface area contributed by atoms with E-state index in [9.17, 15) is 14.4 Å². The zero-order valence-corrected chi connectivity index (χ0v) is 26.1. The minimum atomic E-state index is -2.55. The lowest BCUT2D eigenvalue weighted by atomic mass is 10.0. The van der Waals surface area contributed by atoms with Gasteiger partial charge >= 0.3 is 11.9 Å². The lowest BCUT2D eigenvalue weighted by Gasteiger charge is -2.40. The average molecular weight is 589 g/mol. The second kappa shape index (κ2) is 14.9. The number of methoxy groups -OCH3 is 1. The summed E-state index contributed by atoms with van der Waals surface area (Å²) >= 11 is 0. The number of hydrogen-bond acceptors (Lipinski definition) is 7. The molecular weight excluding hydrogens is 548 g/mol. The topological polar surface area (TPSA) is 88.1 Å². The molecule has 3 aromatic carbocycles. The summed E-state index contributed by atoms with van der Waals surface area (Å²) in [5.41, 5.74) is 1.49. The van der Waals surface area contributed by atoms with Gasteiger partial charge in [-0.3, -0.25) is 4.79 Å². The summed E-state index contributed by atoms with van der Waals surface area (Å²) in [5.74, 6) is -1.92. The fraction of sp³-hybridized carbons (Fsp3) is 0.324. The molecule has 3 atom stereocenters. The van der Waals surface area contributed by atoms with E-state index in [1.54, 1.807) is 66.7 Å². The zero-order chi connectivity index (χ0) is 30.8. The molecule has 0 radical (unpaired) electrons. The van der Waals surface area contributed by atoms with Crippen LogP contribution in [0.1, 0.15) is 47.1 Å². The molecule has 3 aromatic rings. The van der Waals surface area contributed by atoms with Gasteiger partial charge in [0.25, 0.3) is 0 Å². The highest BCUT2D eigenvalue weighted by molar-refractivity contribution is 6.74. The maximum Gasteiger partial charge on any atom is 0.338 e. The van der Waals surface area contributed by atoms with Crippen LogP contribution >= 0.6 is 0 Å². The maximum atomic E-state index is 14.3. The summed E-state index contributed by atoms with van der Waals surface area (Å²) in [4.78, 5) is 40.2. The molecule has 8 heteroatoms. The van der Waals surface area contributed by atoms with E-state index in [1.165, 1.54) is 7.11 Å². The van der Waals surface area contributed by atoms with Crippen molar-refractivity contribution in [3.63, 3.8) is 0 Å². The van der Waals surface area contributed by atoms with E-state index in [0.717, 1.165) is 5.56 Å². The first-order chi connectivity index (χ1) is 19.9. The molecule has 0 saturated heterocycles. The van der Waals surface area contributed by atoms with E-state index in [-0.39, 0.29) is 10.6 Å². The molecule has 3 rings (SSSR count). The molecule has 0 aliphatic rings. The van der Waals surface area contributed by atoms with Gasteiger partial charge in [-0.15, -0.1) is 0 Å². The highest BCUT2D eigenvalue weighted by atomic mass is 28.4. The molecule has 0 spiro atoms. The monoisotopic (exact) mass is 588 g/mol. The van der Waals surface area contributed by atoms with E-state index in [4.69, 9.17) is 18.6 Å².